The Bertz CT molecular complexity index is 1500. The van der Waals surface area contributed by atoms with Crippen LogP contribution in [0, 0.1) is 0 Å². The number of ether oxygens (including phenoxy) is 2. The van der Waals surface area contributed by atoms with Crippen LogP contribution < -0.4 is 19.1 Å². The van der Waals surface area contributed by atoms with Gasteiger partial charge in [-0.3, -0.25) is 13.9 Å². The zero-order valence-electron chi connectivity index (χ0n) is 22.7. The van der Waals surface area contributed by atoms with E-state index in [0.29, 0.717) is 53.3 Å². The maximum absolute atomic E-state index is 14.0. The lowest BCUT2D eigenvalue weighted by molar-refractivity contribution is -0.139. The van der Waals surface area contributed by atoms with Gasteiger partial charge in [-0.05, 0) is 55.3 Å². The molecule has 41 heavy (non-hydrogen) atoms. The number of carbonyl (C=O) groups excluding carboxylic acids is 2. The molecule has 1 heterocycles. The number of benzene rings is 3. The fraction of sp³-hybridized carbons (Fsp3) is 0.310. The van der Waals surface area contributed by atoms with Crippen molar-refractivity contribution in [2.75, 3.05) is 30.6 Å². The van der Waals surface area contributed by atoms with Crippen molar-refractivity contribution >= 4 is 50.7 Å². The van der Waals surface area contributed by atoms with Gasteiger partial charge in [0.05, 0.1) is 10.6 Å². The van der Waals surface area contributed by atoms with Crippen molar-refractivity contribution in [1.29, 1.82) is 0 Å². The number of nitrogens with one attached hydrogen (secondary N) is 1. The van der Waals surface area contributed by atoms with Crippen molar-refractivity contribution in [3.63, 3.8) is 0 Å². The quantitative estimate of drug-likeness (QED) is 0.327. The Morgan fingerprint density at radius 2 is 1.68 bits per heavy atom. The van der Waals surface area contributed by atoms with E-state index in [1.54, 1.807) is 55.5 Å². The van der Waals surface area contributed by atoms with E-state index < -0.39 is 28.5 Å². The van der Waals surface area contributed by atoms with E-state index in [-0.39, 0.29) is 23.0 Å². The summed E-state index contributed by atoms with van der Waals surface area (Å²) in [6.45, 7) is 3.98. The number of anilines is 1. The summed E-state index contributed by atoms with van der Waals surface area (Å²) in [6, 6.07) is 16.4. The summed E-state index contributed by atoms with van der Waals surface area (Å²) in [5, 5.41) is 3.54. The largest absolute Gasteiger partial charge is 0.486 e. The molecule has 0 radical (unpaired) electrons. The molecule has 0 aliphatic carbocycles. The summed E-state index contributed by atoms with van der Waals surface area (Å²) in [5.74, 6) is -0.137. The fourth-order valence-corrected chi connectivity index (χ4v) is 6.14. The number of hydrogen-bond acceptors (Lipinski definition) is 6. The summed E-state index contributed by atoms with van der Waals surface area (Å²) in [7, 11) is -4.21. The second-order valence-electron chi connectivity index (χ2n) is 9.38. The molecule has 218 valence electrons. The van der Waals surface area contributed by atoms with Gasteiger partial charge in [0.1, 0.15) is 25.8 Å². The highest BCUT2D eigenvalue weighted by atomic mass is 35.5. The highest BCUT2D eigenvalue weighted by molar-refractivity contribution is 7.92. The zero-order chi connectivity index (χ0) is 29.6. The number of hydrogen-bond donors (Lipinski definition) is 1. The average molecular weight is 621 g/mol. The molecule has 0 spiro atoms. The normalized spacial score (nSPS) is 13.3. The number of nitrogens with zero attached hydrogens (tertiary/aromatic N) is 2. The predicted octanol–water partition coefficient (Wildman–Crippen LogP) is 4.90. The van der Waals surface area contributed by atoms with Crippen LogP contribution in [0.2, 0.25) is 10.0 Å². The van der Waals surface area contributed by atoms with Crippen LogP contribution in [0.3, 0.4) is 0 Å². The summed E-state index contributed by atoms with van der Waals surface area (Å²) in [4.78, 5) is 28.3. The van der Waals surface area contributed by atoms with E-state index in [1.807, 2.05) is 6.92 Å². The van der Waals surface area contributed by atoms with E-state index in [2.05, 4.69) is 5.32 Å². The van der Waals surface area contributed by atoms with Gasteiger partial charge in [0, 0.05) is 29.2 Å². The van der Waals surface area contributed by atoms with Crippen molar-refractivity contribution < 1.29 is 27.5 Å². The molecule has 3 aromatic rings. The summed E-state index contributed by atoms with van der Waals surface area (Å²) in [5.41, 5.74) is 0.760. The molecule has 9 nitrogen and oxygen atoms in total. The Hall–Kier alpha value is -3.47. The molecular weight excluding hydrogens is 589 g/mol. The van der Waals surface area contributed by atoms with Gasteiger partial charge in [-0.25, -0.2) is 8.42 Å². The van der Waals surface area contributed by atoms with Crippen LogP contribution in [0.4, 0.5) is 5.69 Å². The van der Waals surface area contributed by atoms with Crippen molar-refractivity contribution in [2.45, 2.75) is 37.8 Å². The lowest BCUT2D eigenvalue weighted by atomic mass is 10.1. The molecule has 3 aromatic carbocycles. The molecule has 1 aliphatic heterocycles. The van der Waals surface area contributed by atoms with Gasteiger partial charge < -0.3 is 19.7 Å². The molecule has 0 unspecified atom stereocenters. The average Bonchev–Trinajstić information content (AvgIpc) is 2.98. The molecule has 0 saturated heterocycles. The molecule has 12 heteroatoms. The lowest BCUT2D eigenvalue weighted by Gasteiger charge is -2.32. The smallest absolute Gasteiger partial charge is 0.264 e. The first-order valence-electron chi connectivity index (χ1n) is 13.1. The topological polar surface area (TPSA) is 105 Å². The third kappa shape index (κ3) is 7.25. The molecule has 0 fully saturated rings. The molecule has 0 saturated carbocycles. The molecule has 1 N–H and O–H groups in total. The molecule has 0 bridgehead atoms. The number of carbonyl (C=O) groups is 2. The summed E-state index contributed by atoms with van der Waals surface area (Å²) in [6.07, 6.45) is 0.711. The van der Waals surface area contributed by atoms with E-state index in [4.69, 9.17) is 32.7 Å². The van der Waals surface area contributed by atoms with Crippen LogP contribution in [0.1, 0.15) is 25.8 Å². The summed E-state index contributed by atoms with van der Waals surface area (Å²) < 4.78 is 40.1. The number of fused-ring (bicyclic) bond motifs is 1. The first kappa shape index (κ1) is 30.5. The van der Waals surface area contributed by atoms with E-state index in [9.17, 15) is 18.0 Å². The van der Waals surface area contributed by atoms with Crippen LogP contribution >= 0.6 is 23.2 Å². The molecule has 0 aromatic heterocycles. The molecule has 1 aliphatic rings. The Labute approximate surface area is 250 Å². The second-order valence-corrected chi connectivity index (χ2v) is 12.1. The van der Waals surface area contributed by atoms with Crippen LogP contribution in [0.25, 0.3) is 0 Å². The van der Waals surface area contributed by atoms with Crippen molar-refractivity contribution in [2.24, 2.45) is 0 Å². The van der Waals surface area contributed by atoms with Gasteiger partial charge in [-0.1, -0.05) is 54.4 Å². The van der Waals surface area contributed by atoms with Gasteiger partial charge in [0.2, 0.25) is 11.8 Å². The van der Waals surface area contributed by atoms with Gasteiger partial charge in [-0.15, -0.1) is 0 Å². The minimum absolute atomic E-state index is 0.00345. The second kappa shape index (κ2) is 13.5. The first-order valence-corrected chi connectivity index (χ1v) is 15.3. The minimum Gasteiger partial charge on any atom is -0.486 e. The molecule has 4 rings (SSSR count). The van der Waals surface area contributed by atoms with Gasteiger partial charge in [0.15, 0.2) is 11.5 Å². The van der Waals surface area contributed by atoms with Crippen LogP contribution in [0.15, 0.2) is 71.6 Å². The molecule has 2 amide bonds. The zero-order valence-corrected chi connectivity index (χ0v) is 25.0. The third-order valence-electron chi connectivity index (χ3n) is 6.50. The van der Waals surface area contributed by atoms with Crippen LogP contribution in [-0.4, -0.2) is 57.5 Å². The van der Waals surface area contributed by atoms with E-state index in [1.165, 1.54) is 23.1 Å². The van der Waals surface area contributed by atoms with Gasteiger partial charge in [0.25, 0.3) is 10.0 Å². The highest BCUT2D eigenvalue weighted by Crippen LogP contribution is 2.36. The SMILES string of the molecule is CCCNC(=O)[C@@H](C)N(Cc1ccc(Cl)cc1Cl)C(=O)CN(c1ccc2c(c1)OCCO2)S(=O)(=O)c1ccccc1. The molecular formula is C29H31Cl2N3O6S. The van der Waals surface area contributed by atoms with Crippen molar-refractivity contribution in [3.05, 3.63) is 82.3 Å². The standard InChI is InChI=1S/C29H31Cl2N3O6S/c1-3-13-32-29(36)20(2)33(18-21-9-10-22(30)16-25(21)31)28(35)19-34(41(37,38)24-7-5-4-6-8-24)23-11-12-26-27(17-23)40-15-14-39-26/h4-12,16-17,20H,3,13-15,18-19H2,1-2H3,(H,32,36)/t20-/m1/s1. The Balaban J connectivity index is 1.74. The lowest BCUT2D eigenvalue weighted by Crippen LogP contribution is -2.51. The number of rotatable bonds is 11. The Morgan fingerprint density at radius 1 is 0.976 bits per heavy atom. The number of sulfonamides is 1. The van der Waals surface area contributed by atoms with Crippen molar-refractivity contribution in [3.8, 4) is 11.5 Å². The first-order chi connectivity index (χ1) is 19.6. The van der Waals surface area contributed by atoms with Gasteiger partial charge >= 0.3 is 0 Å². The monoisotopic (exact) mass is 619 g/mol. The van der Waals surface area contributed by atoms with E-state index in [0.717, 1.165) is 4.31 Å². The van der Waals surface area contributed by atoms with Gasteiger partial charge in [-0.2, -0.15) is 0 Å². The predicted molar refractivity (Wildman–Crippen MR) is 158 cm³/mol. The number of amides is 2. The molecule has 1 atom stereocenters. The fourth-order valence-electron chi connectivity index (χ4n) is 4.25. The third-order valence-corrected chi connectivity index (χ3v) is 8.87. The summed E-state index contributed by atoms with van der Waals surface area (Å²) >= 11 is 12.5. The minimum atomic E-state index is -4.21. The Kier molecular flexibility index (Phi) is 10.0. The highest BCUT2D eigenvalue weighted by Gasteiger charge is 2.33. The maximum atomic E-state index is 14.0. The number of halogens is 2. The maximum Gasteiger partial charge on any atom is 0.264 e. The van der Waals surface area contributed by atoms with Crippen LogP contribution in [0.5, 0.6) is 11.5 Å². The van der Waals surface area contributed by atoms with E-state index >= 15 is 0 Å². The Morgan fingerprint density at radius 3 is 2.37 bits per heavy atom. The van der Waals surface area contributed by atoms with Crippen molar-refractivity contribution in [1.82, 2.24) is 10.2 Å². The van der Waals surface area contributed by atoms with Crippen LogP contribution in [-0.2, 0) is 26.2 Å².